The van der Waals surface area contributed by atoms with Crippen molar-refractivity contribution in [2.75, 3.05) is 6.61 Å². The number of unbranched alkanes of at least 4 members (excludes halogenated alkanes) is 1. The van der Waals surface area contributed by atoms with Crippen LogP contribution in [0.25, 0.3) is 0 Å². The van der Waals surface area contributed by atoms with Gasteiger partial charge in [0.2, 0.25) is 0 Å². The Labute approximate surface area is 85.8 Å². The van der Waals surface area contributed by atoms with Crippen LogP contribution in [-0.4, -0.2) is 18.7 Å². The molecule has 0 aliphatic carbocycles. The van der Waals surface area contributed by atoms with E-state index in [1.165, 1.54) is 6.92 Å². The number of esters is 1. The molecule has 0 heterocycles. The van der Waals surface area contributed by atoms with Crippen LogP contribution in [0.4, 0.5) is 0 Å². The van der Waals surface area contributed by atoms with Gasteiger partial charge in [-0.15, -0.1) is 0 Å². The fourth-order valence-corrected chi connectivity index (χ4v) is 0.930. The lowest BCUT2D eigenvalue weighted by Gasteiger charge is -2.09. The predicted molar refractivity (Wildman–Crippen MR) is 54.5 cm³/mol. The quantitative estimate of drug-likeness (QED) is 0.501. The molecule has 1 atom stereocenters. The maximum absolute atomic E-state index is 10.7. The summed E-state index contributed by atoms with van der Waals surface area (Å²) < 4.78 is 9.88. The van der Waals surface area contributed by atoms with Gasteiger partial charge in [0.25, 0.3) is 0 Å². The van der Waals surface area contributed by atoms with Crippen LogP contribution in [0.2, 0.25) is 0 Å². The van der Waals surface area contributed by atoms with E-state index >= 15 is 0 Å². The van der Waals surface area contributed by atoms with E-state index in [0.29, 0.717) is 6.61 Å². The van der Waals surface area contributed by atoms with Crippen LogP contribution in [-0.2, 0) is 14.3 Å². The Bertz CT molecular complexity index is 212. The van der Waals surface area contributed by atoms with Gasteiger partial charge in [-0.2, -0.15) is 0 Å². The summed E-state index contributed by atoms with van der Waals surface area (Å²) in [6.45, 7) is 5.89. The van der Waals surface area contributed by atoms with Gasteiger partial charge >= 0.3 is 5.97 Å². The highest BCUT2D eigenvalue weighted by atomic mass is 16.5. The predicted octanol–water partition coefficient (Wildman–Crippen LogP) is 2.11. The monoisotopic (exact) mass is 198 g/mol. The Morgan fingerprint density at radius 2 is 2.14 bits per heavy atom. The molecule has 0 saturated heterocycles. The SMILES string of the molecule is CCCCC(C#COCC)OC(C)=O. The molecule has 0 aromatic carbocycles. The van der Waals surface area contributed by atoms with Crippen LogP contribution in [0.1, 0.15) is 40.0 Å². The molecule has 3 heteroatoms. The van der Waals surface area contributed by atoms with Gasteiger partial charge < -0.3 is 9.47 Å². The van der Waals surface area contributed by atoms with Gasteiger partial charge in [0, 0.05) is 6.92 Å². The summed E-state index contributed by atoms with van der Waals surface area (Å²) in [6, 6.07) is 0. The molecule has 0 amide bonds. The number of hydrogen-bond donors (Lipinski definition) is 0. The van der Waals surface area contributed by atoms with Crippen LogP contribution in [0.5, 0.6) is 0 Å². The van der Waals surface area contributed by atoms with Crippen LogP contribution < -0.4 is 0 Å². The molecule has 3 nitrogen and oxygen atoms in total. The van der Waals surface area contributed by atoms with Gasteiger partial charge in [-0.05, 0) is 25.7 Å². The van der Waals surface area contributed by atoms with Crippen molar-refractivity contribution in [1.29, 1.82) is 0 Å². The summed E-state index contributed by atoms with van der Waals surface area (Å²) in [6.07, 6.45) is 5.04. The molecule has 0 aliphatic rings. The smallest absolute Gasteiger partial charge is 0.303 e. The molecule has 0 aromatic heterocycles. The molecule has 0 N–H and O–H groups in total. The van der Waals surface area contributed by atoms with Crippen LogP contribution in [0, 0.1) is 12.0 Å². The maximum atomic E-state index is 10.7. The third-order valence-corrected chi connectivity index (χ3v) is 1.56. The lowest BCUT2D eigenvalue weighted by atomic mass is 10.2. The molecule has 0 spiro atoms. The van der Waals surface area contributed by atoms with E-state index in [2.05, 4.69) is 19.0 Å². The Balaban J connectivity index is 3.97. The Morgan fingerprint density at radius 3 is 2.64 bits per heavy atom. The number of rotatable bonds is 5. The minimum Gasteiger partial charge on any atom is -0.449 e. The van der Waals surface area contributed by atoms with Crippen LogP contribution in [0.15, 0.2) is 0 Å². The number of ether oxygens (including phenoxy) is 2. The second-order valence-corrected chi connectivity index (χ2v) is 2.92. The van der Waals surface area contributed by atoms with E-state index in [4.69, 9.17) is 9.47 Å². The van der Waals surface area contributed by atoms with Crippen molar-refractivity contribution in [3.8, 4) is 12.0 Å². The Hall–Kier alpha value is -1.17. The molecule has 0 fully saturated rings. The first-order chi connectivity index (χ1) is 6.70. The van der Waals surface area contributed by atoms with Gasteiger partial charge in [-0.3, -0.25) is 4.79 Å². The second kappa shape index (κ2) is 8.43. The molecule has 0 aliphatic heterocycles. The van der Waals surface area contributed by atoms with E-state index < -0.39 is 0 Å². The van der Waals surface area contributed by atoms with E-state index in [9.17, 15) is 4.79 Å². The summed E-state index contributed by atoms with van der Waals surface area (Å²) in [4.78, 5) is 10.7. The van der Waals surface area contributed by atoms with Crippen molar-refractivity contribution in [3.63, 3.8) is 0 Å². The first-order valence-corrected chi connectivity index (χ1v) is 5.00. The minimum absolute atomic E-state index is 0.295. The number of hydrogen-bond acceptors (Lipinski definition) is 3. The minimum atomic E-state index is -0.320. The molecule has 0 aromatic rings. The van der Waals surface area contributed by atoms with Crippen LogP contribution in [0.3, 0.4) is 0 Å². The average Bonchev–Trinajstić information content (AvgIpc) is 2.13. The normalized spacial score (nSPS) is 11.1. The zero-order chi connectivity index (χ0) is 10.8. The number of carbonyl (C=O) groups is 1. The van der Waals surface area contributed by atoms with E-state index in [0.717, 1.165) is 19.3 Å². The maximum Gasteiger partial charge on any atom is 0.303 e. The third-order valence-electron chi connectivity index (χ3n) is 1.56. The zero-order valence-corrected chi connectivity index (χ0v) is 9.13. The molecule has 80 valence electrons. The molecule has 0 bridgehead atoms. The van der Waals surface area contributed by atoms with Gasteiger partial charge in [0.1, 0.15) is 6.11 Å². The molecule has 0 rings (SSSR count). The van der Waals surface area contributed by atoms with Crippen molar-refractivity contribution in [2.24, 2.45) is 0 Å². The summed E-state index contributed by atoms with van der Waals surface area (Å²) in [7, 11) is 0. The summed E-state index contributed by atoms with van der Waals surface area (Å²) >= 11 is 0. The number of carbonyl (C=O) groups excluding carboxylic acids is 1. The topological polar surface area (TPSA) is 35.5 Å². The molecule has 0 radical (unpaired) electrons. The Morgan fingerprint density at radius 1 is 1.43 bits per heavy atom. The molecular weight excluding hydrogens is 180 g/mol. The average molecular weight is 198 g/mol. The van der Waals surface area contributed by atoms with Gasteiger partial charge in [0.15, 0.2) is 6.10 Å². The summed E-state index contributed by atoms with van der Waals surface area (Å²) in [5, 5.41) is 0. The van der Waals surface area contributed by atoms with E-state index in [1.54, 1.807) is 0 Å². The van der Waals surface area contributed by atoms with Crippen molar-refractivity contribution in [1.82, 2.24) is 0 Å². The van der Waals surface area contributed by atoms with Crippen molar-refractivity contribution < 1.29 is 14.3 Å². The third kappa shape index (κ3) is 7.48. The van der Waals surface area contributed by atoms with E-state index in [1.807, 2.05) is 6.92 Å². The van der Waals surface area contributed by atoms with Crippen molar-refractivity contribution >= 4 is 5.97 Å². The largest absolute Gasteiger partial charge is 0.449 e. The summed E-state index contributed by atoms with van der Waals surface area (Å²) in [5.41, 5.74) is 0. The highest BCUT2D eigenvalue weighted by Crippen LogP contribution is 2.04. The lowest BCUT2D eigenvalue weighted by Crippen LogP contribution is -2.14. The first-order valence-electron chi connectivity index (χ1n) is 5.00. The highest BCUT2D eigenvalue weighted by Gasteiger charge is 2.07. The standard InChI is InChI=1S/C11H18O3/c1-4-6-7-11(14-10(3)12)8-9-13-5-2/h11H,4-7H2,1-3H3. The molecule has 1 unspecified atom stereocenters. The molecular formula is C11H18O3. The second-order valence-electron chi connectivity index (χ2n) is 2.92. The summed E-state index contributed by atoms with van der Waals surface area (Å²) in [5.74, 6) is 2.48. The Kier molecular flexibility index (Phi) is 7.72. The fourth-order valence-electron chi connectivity index (χ4n) is 0.930. The van der Waals surface area contributed by atoms with Crippen molar-refractivity contribution in [2.45, 2.75) is 46.1 Å². The fraction of sp³-hybridized carbons (Fsp3) is 0.727. The van der Waals surface area contributed by atoms with Gasteiger partial charge in [-0.25, -0.2) is 0 Å². The van der Waals surface area contributed by atoms with Gasteiger partial charge in [0.05, 0.1) is 6.61 Å². The van der Waals surface area contributed by atoms with Gasteiger partial charge in [-0.1, -0.05) is 13.3 Å². The molecule has 0 saturated carbocycles. The van der Waals surface area contributed by atoms with E-state index in [-0.39, 0.29) is 12.1 Å². The lowest BCUT2D eigenvalue weighted by molar-refractivity contribution is -0.144. The first kappa shape index (κ1) is 12.8. The van der Waals surface area contributed by atoms with Crippen LogP contribution >= 0.6 is 0 Å². The zero-order valence-electron chi connectivity index (χ0n) is 9.13. The highest BCUT2D eigenvalue weighted by molar-refractivity contribution is 5.66. The molecule has 14 heavy (non-hydrogen) atoms. The van der Waals surface area contributed by atoms with Crippen molar-refractivity contribution in [3.05, 3.63) is 0 Å².